The van der Waals surface area contributed by atoms with E-state index in [0.29, 0.717) is 6.61 Å². The first-order valence-electron chi connectivity index (χ1n) is 8.33. The van der Waals surface area contributed by atoms with Crippen molar-refractivity contribution in [1.82, 2.24) is 4.90 Å². The highest BCUT2D eigenvalue weighted by atomic mass is 16.5. The van der Waals surface area contributed by atoms with Crippen LogP contribution < -0.4 is 9.64 Å². The normalized spacial score (nSPS) is 16.9. The number of fused-ring (bicyclic) bond motifs is 1. The zero-order valence-electron chi connectivity index (χ0n) is 13.5. The van der Waals surface area contributed by atoms with Crippen LogP contribution in [0, 0.1) is 0 Å². The van der Waals surface area contributed by atoms with E-state index in [1.54, 1.807) is 0 Å². The van der Waals surface area contributed by atoms with Gasteiger partial charge in [0.15, 0.2) is 0 Å². The van der Waals surface area contributed by atoms with Gasteiger partial charge in [-0.2, -0.15) is 0 Å². The first-order valence-corrected chi connectivity index (χ1v) is 8.33. The molecule has 2 aromatic rings. The van der Waals surface area contributed by atoms with Crippen LogP contribution in [0.2, 0.25) is 0 Å². The minimum absolute atomic E-state index is 0.0946. The van der Waals surface area contributed by atoms with E-state index in [2.05, 4.69) is 29.2 Å². The van der Waals surface area contributed by atoms with Crippen LogP contribution in [0.15, 0.2) is 60.2 Å². The number of piperazine rings is 1. The molecule has 1 saturated heterocycles. The number of hydrogen-bond acceptors (Lipinski definition) is 3. The van der Waals surface area contributed by atoms with E-state index in [9.17, 15) is 4.79 Å². The molecule has 4 heteroatoms. The smallest absolute Gasteiger partial charge is 0.253 e. The second kappa shape index (κ2) is 6.40. The number of ether oxygens (including phenoxy) is 1. The average Bonchev–Trinajstić information content (AvgIpc) is 2.68. The van der Waals surface area contributed by atoms with E-state index in [-0.39, 0.29) is 5.91 Å². The van der Waals surface area contributed by atoms with E-state index >= 15 is 0 Å². The van der Waals surface area contributed by atoms with Gasteiger partial charge in [0.05, 0.1) is 5.57 Å². The summed E-state index contributed by atoms with van der Waals surface area (Å²) >= 11 is 0. The highest BCUT2D eigenvalue weighted by Gasteiger charge is 2.25. The fraction of sp³-hybridized carbons (Fsp3) is 0.250. The van der Waals surface area contributed by atoms with Gasteiger partial charge < -0.3 is 14.5 Å². The van der Waals surface area contributed by atoms with Crippen LogP contribution in [0.4, 0.5) is 5.69 Å². The van der Waals surface area contributed by atoms with Crippen molar-refractivity contribution >= 4 is 17.7 Å². The van der Waals surface area contributed by atoms with Crippen molar-refractivity contribution in [3.05, 3.63) is 65.7 Å². The highest BCUT2D eigenvalue weighted by molar-refractivity contribution is 5.99. The molecule has 0 N–H and O–H groups in total. The van der Waals surface area contributed by atoms with E-state index in [4.69, 9.17) is 4.74 Å². The van der Waals surface area contributed by atoms with Gasteiger partial charge in [-0.25, -0.2) is 0 Å². The lowest BCUT2D eigenvalue weighted by molar-refractivity contribution is -0.127. The molecule has 0 unspecified atom stereocenters. The Morgan fingerprint density at radius 1 is 0.875 bits per heavy atom. The maximum Gasteiger partial charge on any atom is 0.253 e. The number of rotatable bonds is 2. The van der Waals surface area contributed by atoms with Crippen LogP contribution >= 0.6 is 0 Å². The number of carbonyl (C=O) groups excluding carboxylic acids is 1. The Labute approximate surface area is 142 Å². The molecule has 2 heterocycles. The number of carbonyl (C=O) groups is 1. The third kappa shape index (κ3) is 2.87. The first-order chi connectivity index (χ1) is 11.8. The maximum absolute atomic E-state index is 12.8. The van der Waals surface area contributed by atoms with Gasteiger partial charge in [0, 0.05) is 37.4 Å². The molecule has 4 nitrogen and oxygen atoms in total. The summed E-state index contributed by atoms with van der Waals surface area (Å²) in [6, 6.07) is 18.2. The molecular weight excluding hydrogens is 300 g/mol. The summed E-state index contributed by atoms with van der Waals surface area (Å²) in [5.74, 6) is 0.945. The van der Waals surface area contributed by atoms with Gasteiger partial charge in [0.2, 0.25) is 0 Å². The van der Waals surface area contributed by atoms with Crippen molar-refractivity contribution in [2.75, 3.05) is 37.7 Å². The molecule has 0 bridgehead atoms. The largest absolute Gasteiger partial charge is 0.488 e. The standard InChI is InChI=1S/C20H20N2O2/c23-20(17-14-16-6-4-5-9-19(16)24-15-17)22-12-10-21(11-13-22)18-7-2-1-3-8-18/h1-9,14H,10-13,15H2. The minimum atomic E-state index is 0.0946. The van der Waals surface area contributed by atoms with Crippen molar-refractivity contribution in [3.63, 3.8) is 0 Å². The lowest BCUT2D eigenvalue weighted by atomic mass is 10.1. The molecule has 0 aromatic heterocycles. The van der Waals surface area contributed by atoms with Gasteiger partial charge in [-0.3, -0.25) is 4.79 Å². The summed E-state index contributed by atoms with van der Waals surface area (Å²) in [6.45, 7) is 3.56. The zero-order valence-corrected chi connectivity index (χ0v) is 13.5. The van der Waals surface area contributed by atoms with Gasteiger partial charge in [-0.15, -0.1) is 0 Å². The topological polar surface area (TPSA) is 32.8 Å². The second-order valence-electron chi connectivity index (χ2n) is 6.11. The van der Waals surface area contributed by atoms with Gasteiger partial charge in [0.1, 0.15) is 12.4 Å². The van der Waals surface area contributed by atoms with Crippen molar-refractivity contribution in [2.24, 2.45) is 0 Å². The molecule has 2 aliphatic heterocycles. The molecule has 1 amide bonds. The van der Waals surface area contributed by atoms with Crippen molar-refractivity contribution < 1.29 is 9.53 Å². The Morgan fingerprint density at radius 3 is 2.38 bits per heavy atom. The van der Waals surface area contributed by atoms with Gasteiger partial charge in [0.25, 0.3) is 5.91 Å². The Bertz CT molecular complexity index is 762. The van der Waals surface area contributed by atoms with Crippen molar-refractivity contribution in [2.45, 2.75) is 0 Å². The van der Waals surface area contributed by atoms with Crippen LogP contribution in [0.25, 0.3) is 6.08 Å². The Morgan fingerprint density at radius 2 is 1.58 bits per heavy atom. The Kier molecular flexibility index (Phi) is 3.95. The molecule has 2 aliphatic rings. The molecular formula is C20H20N2O2. The average molecular weight is 320 g/mol. The molecule has 2 aromatic carbocycles. The van der Waals surface area contributed by atoms with Gasteiger partial charge >= 0.3 is 0 Å². The van der Waals surface area contributed by atoms with E-state index in [1.807, 2.05) is 41.3 Å². The maximum atomic E-state index is 12.8. The number of anilines is 1. The summed E-state index contributed by atoms with van der Waals surface area (Å²) in [5.41, 5.74) is 2.94. The van der Waals surface area contributed by atoms with Crippen LogP contribution in [0.1, 0.15) is 5.56 Å². The van der Waals surface area contributed by atoms with Crippen LogP contribution in [0.5, 0.6) is 5.75 Å². The zero-order chi connectivity index (χ0) is 16.4. The molecule has 122 valence electrons. The number of para-hydroxylation sites is 2. The SMILES string of the molecule is O=C(C1=Cc2ccccc2OC1)N1CCN(c2ccccc2)CC1. The first kappa shape index (κ1) is 14.8. The summed E-state index contributed by atoms with van der Waals surface area (Å²) in [6.07, 6.45) is 1.96. The number of hydrogen-bond donors (Lipinski definition) is 0. The van der Waals surface area contributed by atoms with Gasteiger partial charge in [-0.1, -0.05) is 36.4 Å². The molecule has 0 spiro atoms. The lowest BCUT2D eigenvalue weighted by Gasteiger charge is -2.36. The fourth-order valence-corrected chi connectivity index (χ4v) is 3.25. The van der Waals surface area contributed by atoms with E-state index in [1.165, 1.54) is 5.69 Å². The van der Waals surface area contributed by atoms with Crippen LogP contribution in [-0.4, -0.2) is 43.6 Å². The molecule has 1 fully saturated rings. The van der Waals surface area contributed by atoms with Crippen LogP contribution in [0.3, 0.4) is 0 Å². The Balaban J connectivity index is 1.43. The van der Waals surface area contributed by atoms with Crippen molar-refractivity contribution in [1.29, 1.82) is 0 Å². The summed E-state index contributed by atoms with van der Waals surface area (Å²) in [5, 5.41) is 0. The van der Waals surface area contributed by atoms with Crippen LogP contribution in [-0.2, 0) is 4.79 Å². The predicted molar refractivity (Wildman–Crippen MR) is 95.1 cm³/mol. The lowest BCUT2D eigenvalue weighted by Crippen LogP contribution is -2.49. The Hall–Kier alpha value is -2.75. The molecule has 0 radical (unpaired) electrons. The number of amides is 1. The predicted octanol–water partition coefficient (Wildman–Crippen LogP) is 2.81. The number of benzene rings is 2. The molecule has 24 heavy (non-hydrogen) atoms. The van der Waals surface area contributed by atoms with Gasteiger partial charge in [-0.05, 0) is 24.3 Å². The second-order valence-corrected chi connectivity index (χ2v) is 6.11. The summed E-state index contributed by atoms with van der Waals surface area (Å²) in [4.78, 5) is 17.0. The molecule has 4 rings (SSSR count). The van der Waals surface area contributed by atoms with E-state index < -0.39 is 0 Å². The molecule has 0 atom stereocenters. The number of nitrogens with zero attached hydrogens (tertiary/aromatic N) is 2. The minimum Gasteiger partial charge on any atom is -0.488 e. The fourth-order valence-electron chi connectivity index (χ4n) is 3.25. The third-order valence-electron chi connectivity index (χ3n) is 4.59. The summed E-state index contributed by atoms with van der Waals surface area (Å²) in [7, 11) is 0. The van der Waals surface area contributed by atoms with E-state index in [0.717, 1.165) is 43.1 Å². The monoisotopic (exact) mass is 320 g/mol. The third-order valence-corrected chi connectivity index (χ3v) is 4.59. The quantitative estimate of drug-likeness (QED) is 0.853. The highest BCUT2D eigenvalue weighted by Crippen LogP contribution is 2.26. The molecule has 0 saturated carbocycles. The molecule has 0 aliphatic carbocycles. The van der Waals surface area contributed by atoms with Crippen molar-refractivity contribution in [3.8, 4) is 5.75 Å². The summed E-state index contributed by atoms with van der Waals surface area (Å²) < 4.78 is 5.71.